The number of fused-ring (bicyclic) bond motifs is 5. The summed E-state index contributed by atoms with van der Waals surface area (Å²) in [6, 6.07) is 61.3. The first kappa shape index (κ1) is 26.4. The molecule has 0 atom stereocenters. The summed E-state index contributed by atoms with van der Waals surface area (Å²) in [5.41, 5.74) is 10.7. The molecule has 0 saturated carbocycles. The molecule has 9 rings (SSSR count). The zero-order chi connectivity index (χ0) is 30.5. The van der Waals surface area contributed by atoms with Crippen molar-refractivity contribution in [2.75, 3.05) is 0 Å². The summed E-state index contributed by atoms with van der Waals surface area (Å²) < 4.78 is 0. The monoisotopic (exact) mass is 583 g/mol. The van der Waals surface area contributed by atoms with Crippen LogP contribution in [0.25, 0.3) is 87.7 Å². The van der Waals surface area contributed by atoms with Crippen LogP contribution in [0.3, 0.4) is 0 Å². The number of nitrogens with zero attached hydrogens (tertiary/aromatic N) is 1. The Morgan fingerprint density at radius 1 is 0.304 bits per heavy atom. The fourth-order valence-corrected chi connectivity index (χ4v) is 7.09. The topological polar surface area (TPSA) is 12.9 Å². The van der Waals surface area contributed by atoms with Crippen LogP contribution in [0.5, 0.6) is 0 Å². The highest BCUT2D eigenvalue weighted by atomic mass is 14.6. The second-order valence-corrected chi connectivity index (χ2v) is 11.9. The van der Waals surface area contributed by atoms with Crippen LogP contribution >= 0.6 is 0 Å². The first-order chi connectivity index (χ1) is 22.8. The van der Waals surface area contributed by atoms with Crippen molar-refractivity contribution in [1.29, 1.82) is 0 Å². The summed E-state index contributed by atoms with van der Waals surface area (Å²) in [5, 5.41) is 8.54. The highest BCUT2D eigenvalue weighted by Gasteiger charge is 2.19. The van der Waals surface area contributed by atoms with E-state index in [1.165, 1.54) is 76.8 Å². The van der Waals surface area contributed by atoms with Crippen molar-refractivity contribution in [2.45, 2.75) is 0 Å². The molecule has 1 nitrogen and oxygen atoms in total. The molecule has 0 aliphatic rings. The smallest absolute Gasteiger partial charge is 0.0708 e. The Morgan fingerprint density at radius 3 is 1.65 bits per heavy atom. The Bertz CT molecular complexity index is 2560. The Labute approximate surface area is 268 Å². The van der Waals surface area contributed by atoms with Crippen molar-refractivity contribution in [2.24, 2.45) is 0 Å². The SMILES string of the molecule is c1ccc(-c2ccc(-c3cccc(-c4c5ccccc5c(-c5ccc6ccccc6c5)c5c4cnc4ccccc45)c3)cc2)cc1. The first-order valence-corrected chi connectivity index (χ1v) is 15.8. The molecule has 0 amide bonds. The van der Waals surface area contributed by atoms with Crippen LogP contribution in [0, 0.1) is 0 Å². The van der Waals surface area contributed by atoms with Gasteiger partial charge in [0.25, 0.3) is 0 Å². The van der Waals surface area contributed by atoms with Gasteiger partial charge in [-0.05, 0) is 84.3 Å². The van der Waals surface area contributed by atoms with E-state index in [4.69, 9.17) is 4.98 Å². The second-order valence-electron chi connectivity index (χ2n) is 11.9. The minimum Gasteiger partial charge on any atom is -0.256 e. The van der Waals surface area contributed by atoms with Gasteiger partial charge in [0.2, 0.25) is 0 Å². The van der Waals surface area contributed by atoms with Gasteiger partial charge in [-0.15, -0.1) is 0 Å². The molecular weight excluding hydrogens is 555 g/mol. The molecule has 1 heteroatoms. The lowest BCUT2D eigenvalue weighted by Crippen LogP contribution is -1.93. The highest BCUT2D eigenvalue weighted by Crippen LogP contribution is 2.46. The van der Waals surface area contributed by atoms with Crippen LogP contribution in [0.15, 0.2) is 176 Å². The molecule has 0 bridgehead atoms. The lowest BCUT2D eigenvalue weighted by molar-refractivity contribution is 1.45. The quantitative estimate of drug-likeness (QED) is 0.148. The van der Waals surface area contributed by atoms with E-state index >= 15 is 0 Å². The van der Waals surface area contributed by atoms with Gasteiger partial charge in [0.1, 0.15) is 0 Å². The highest BCUT2D eigenvalue weighted by molar-refractivity contribution is 6.27. The third-order valence-corrected chi connectivity index (χ3v) is 9.28. The maximum atomic E-state index is 5.01. The Morgan fingerprint density at radius 2 is 0.848 bits per heavy atom. The van der Waals surface area contributed by atoms with E-state index in [-0.39, 0.29) is 0 Å². The molecule has 0 saturated heterocycles. The number of benzene rings is 8. The van der Waals surface area contributed by atoms with Crippen molar-refractivity contribution < 1.29 is 0 Å². The normalized spacial score (nSPS) is 11.5. The van der Waals surface area contributed by atoms with Crippen molar-refractivity contribution in [1.82, 2.24) is 4.98 Å². The number of rotatable bonds is 4. The maximum absolute atomic E-state index is 5.01. The molecule has 0 unspecified atom stereocenters. The van der Waals surface area contributed by atoms with Crippen LogP contribution in [0.2, 0.25) is 0 Å². The lowest BCUT2D eigenvalue weighted by Gasteiger charge is -2.19. The van der Waals surface area contributed by atoms with Crippen LogP contribution in [0.1, 0.15) is 0 Å². The molecule has 1 heterocycles. The van der Waals surface area contributed by atoms with Gasteiger partial charge in [-0.25, -0.2) is 0 Å². The largest absolute Gasteiger partial charge is 0.256 e. The number of hydrogen-bond donors (Lipinski definition) is 0. The number of aromatic nitrogens is 1. The Kier molecular flexibility index (Phi) is 6.21. The van der Waals surface area contributed by atoms with Gasteiger partial charge >= 0.3 is 0 Å². The molecule has 214 valence electrons. The third-order valence-electron chi connectivity index (χ3n) is 9.28. The summed E-state index contributed by atoms with van der Waals surface area (Å²) in [6.07, 6.45) is 2.09. The molecule has 0 aliphatic carbocycles. The minimum absolute atomic E-state index is 1.01. The number of para-hydroxylation sites is 1. The predicted molar refractivity (Wildman–Crippen MR) is 196 cm³/mol. The molecule has 8 aromatic carbocycles. The average molecular weight is 584 g/mol. The molecule has 0 spiro atoms. The number of pyridine rings is 1. The van der Waals surface area contributed by atoms with Gasteiger partial charge in [-0.2, -0.15) is 0 Å². The van der Waals surface area contributed by atoms with Crippen molar-refractivity contribution in [3.05, 3.63) is 176 Å². The fourth-order valence-electron chi connectivity index (χ4n) is 7.09. The van der Waals surface area contributed by atoms with Crippen molar-refractivity contribution >= 4 is 43.2 Å². The predicted octanol–water partition coefficient (Wildman–Crippen LogP) is 12.4. The van der Waals surface area contributed by atoms with E-state index in [1.807, 2.05) is 0 Å². The molecule has 9 aromatic rings. The van der Waals surface area contributed by atoms with Crippen LogP contribution in [-0.4, -0.2) is 4.98 Å². The molecular formula is C45H29N. The molecule has 0 fully saturated rings. The van der Waals surface area contributed by atoms with E-state index in [2.05, 4.69) is 176 Å². The summed E-state index contributed by atoms with van der Waals surface area (Å²) >= 11 is 0. The zero-order valence-corrected chi connectivity index (χ0v) is 25.2. The lowest BCUT2D eigenvalue weighted by atomic mass is 9.84. The molecule has 0 radical (unpaired) electrons. The van der Waals surface area contributed by atoms with Crippen LogP contribution in [-0.2, 0) is 0 Å². The molecule has 46 heavy (non-hydrogen) atoms. The maximum Gasteiger partial charge on any atom is 0.0708 e. The fraction of sp³-hybridized carbons (Fsp3) is 0. The van der Waals surface area contributed by atoms with Crippen molar-refractivity contribution in [3.63, 3.8) is 0 Å². The van der Waals surface area contributed by atoms with E-state index in [0.717, 1.165) is 10.9 Å². The first-order valence-electron chi connectivity index (χ1n) is 15.8. The van der Waals surface area contributed by atoms with Gasteiger partial charge in [0.15, 0.2) is 0 Å². The minimum atomic E-state index is 1.01. The molecule has 0 N–H and O–H groups in total. The third kappa shape index (κ3) is 4.37. The van der Waals surface area contributed by atoms with Gasteiger partial charge in [0, 0.05) is 22.4 Å². The van der Waals surface area contributed by atoms with E-state index < -0.39 is 0 Å². The molecule has 1 aromatic heterocycles. The summed E-state index contributed by atoms with van der Waals surface area (Å²) in [4.78, 5) is 5.01. The number of hydrogen-bond acceptors (Lipinski definition) is 1. The van der Waals surface area contributed by atoms with Crippen LogP contribution < -0.4 is 0 Å². The zero-order valence-electron chi connectivity index (χ0n) is 25.2. The van der Waals surface area contributed by atoms with Gasteiger partial charge in [-0.3, -0.25) is 4.98 Å². The average Bonchev–Trinajstić information content (AvgIpc) is 3.14. The second kappa shape index (κ2) is 10.8. The summed E-state index contributed by atoms with van der Waals surface area (Å²) in [5.74, 6) is 0. The molecule has 0 aliphatic heterocycles. The summed E-state index contributed by atoms with van der Waals surface area (Å²) in [6.45, 7) is 0. The Balaban J connectivity index is 1.31. The van der Waals surface area contributed by atoms with Crippen molar-refractivity contribution in [3.8, 4) is 44.5 Å². The van der Waals surface area contributed by atoms with E-state index in [1.54, 1.807) is 0 Å². The van der Waals surface area contributed by atoms with Gasteiger partial charge in [0.05, 0.1) is 5.52 Å². The Hall–Kier alpha value is -6.05. The summed E-state index contributed by atoms with van der Waals surface area (Å²) in [7, 11) is 0. The van der Waals surface area contributed by atoms with Gasteiger partial charge in [-0.1, -0.05) is 152 Å². The van der Waals surface area contributed by atoms with E-state index in [9.17, 15) is 0 Å². The van der Waals surface area contributed by atoms with E-state index in [0.29, 0.717) is 0 Å². The standard InChI is InChI=1S/C45H29N/c1-2-11-30(12-3-1)32-21-23-33(24-22-32)35-15-10-16-36(27-35)43-38-17-6-7-18-39(38)44(37-26-25-31-13-4-5-14-34(31)28-37)45-40-19-8-9-20-42(40)46-29-41(43)45/h1-29H. The van der Waals surface area contributed by atoms with Crippen LogP contribution in [0.4, 0.5) is 0 Å². The van der Waals surface area contributed by atoms with Gasteiger partial charge < -0.3 is 0 Å².